The van der Waals surface area contributed by atoms with Gasteiger partial charge in [0.05, 0.1) is 10.6 Å². The van der Waals surface area contributed by atoms with Crippen LogP contribution in [0.3, 0.4) is 0 Å². The molecule has 0 atom stereocenters. The number of ketones is 1. The van der Waals surface area contributed by atoms with E-state index in [1.165, 1.54) is 19.1 Å². The van der Waals surface area contributed by atoms with E-state index in [-0.39, 0.29) is 29.6 Å². The molecule has 0 saturated heterocycles. The highest BCUT2D eigenvalue weighted by Crippen LogP contribution is 2.34. The molecule has 6 heteroatoms. The van der Waals surface area contributed by atoms with Crippen LogP contribution in [-0.4, -0.2) is 26.7 Å². The van der Waals surface area contributed by atoms with Crippen molar-refractivity contribution in [3.63, 3.8) is 0 Å². The highest BCUT2D eigenvalue weighted by Gasteiger charge is 2.20. The van der Waals surface area contributed by atoms with E-state index in [4.69, 9.17) is 9.47 Å². The van der Waals surface area contributed by atoms with Crippen LogP contribution < -0.4 is 9.47 Å². The van der Waals surface area contributed by atoms with E-state index in [2.05, 4.69) is 0 Å². The Hall–Kier alpha value is -1.56. The topological polar surface area (TPSA) is 69.7 Å². The second kappa shape index (κ2) is 4.37. The molecule has 1 aromatic rings. The van der Waals surface area contributed by atoms with Crippen LogP contribution in [0.15, 0.2) is 23.1 Å². The molecule has 0 N–H and O–H groups in total. The lowest BCUT2D eigenvalue weighted by Crippen LogP contribution is -2.09. The van der Waals surface area contributed by atoms with E-state index >= 15 is 0 Å². The Bertz CT molecular complexity index is 547. The van der Waals surface area contributed by atoms with Crippen LogP contribution in [0.5, 0.6) is 11.5 Å². The Morgan fingerprint density at radius 2 is 2.00 bits per heavy atom. The number of Topliss-reactive ketones (excluding diaryl/α,β-unsaturated/α-hetero) is 1. The number of fused-ring (bicyclic) bond motifs is 1. The Morgan fingerprint density at radius 1 is 1.29 bits per heavy atom. The van der Waals surface area contributed by atoms with Crippen molar-refractivity contribution in [3.05, 3.63) is 18.2 Å². The molecule has 1 aliphatic rings. The Labute approximate surface area is 99.3 Å². The fraction of sp³-hybridized carbons (Fsp3) is 0.364. The summed E-state index contributed by atoms with van der Waals surface area (Å²) < 4.78 is 34.0. The van der Waals surface area contributed by atoms with Crippen molar-refractivity contribution in [2.45, 2.75) is 18.2 Å². The molecule has 1 heterocycles. The van der Waals surface area contributed by atoms with Gasteiger partial charge in [-0.25, -0.2) is 8.42 Å². The van der Waals surface area contributed by atoms with Crippen LogP contribution >= 0.6 is 0 Å². The molecule has 0 aliphatic carbocycles. The zero-order chi connectivity index (χ0) is 12.5. The molecule has 0 amide bonds. The molecule has 0 radical (unpaired) electrons. The van der Waals surface area contributed by atoms with Gasteiger partial charge in [0.1, 0.15) is 5.78 Å². The first-order valence-electron chi connectivity index (χ1n) is 5.11. The SMILES string of the molecule is CC(=O)CCS(=O)(=O)c1ccc2c(c1)OCO2. The second-order valence-electron chi connectivity index (χ2n) is 3.79. The van der Waals surface area contributed by atoms with Gasteiger partial charge in [-0.3, -0.25) is 4.79 Å². The maximum absolute atomic E-state index is 11.9. The van der Waals surface area contributed by atoms with E-state index in [9.17, 15) is 13.2 Å². The van der Waals surface area contributed by atoms with Crippen molar-refractivity contribution in [1.29, 1.82) is 0 Å². The third kappa shape index (κ3) is 2.58. The Morgan fingerprint density at radius 3 is 2.71 bits per heavy atom. The van der Waals surface area contributed by atoms with Crippen LogP contribution in [0.25, 0.3) is 0 Å². The van der Waals surface area contributed by atoms with Gasteiger partial charge in [0.15, 0.2) is 21.3 Å². The first-order chi connectivity index (χ1) is 7.99. The molecule has 0 fully saturated rings. The van der Waals surface area contributed by atoms with Crippen LogP contribution in [0.1, 0.15) is 13.3 Å². The molecule has 1 aliphatic heterocycles. The standard InChI is InChI=1S/C11H12O5S/c1-8(12)4-5-17(13,14)9-2-3-10-11(6-9)16-7-15-10/h2-3,6H,4-5,7H2,1H3. The molecule has 0 bridgehead atoms. The Balaban J connectivity index is 2.24. The summed E-state index contributed by atoms with van der Waals surface area (Å²) >= 11 is 0. The van der Waals surface area contributed by atoms with Crippen molar-refractivity contribution in [3.8, 4) is 11.5 Å². The smallest absolute Gasteiger partial charge is 0.231 e. The van der Waals surface area contributed by atoms with Gasteiger partial charge >= 0.3 is 0 Å². The number of sulfone groups is 1. The van der Waals surface area contributed by atoms with Gasteiger partial charge in [-0.2, -0.15) is 0 Å². The first-order valence-corrected chi connectivity index (χ1v) is 6.76. The van der Waals surface area contributed by atoms with E-state index in [1.807, 2.05) is 0 Å². The molecule has 2 rings (SSSR count). The van der Waals surface area contributed by atoms with Gasteiger partial charge in [0.25, 0.3) is 0 Å². The summed E-state index contributed by atoms with van der Waals surface area (Å²) in [5.41, 5.74) is 0. The first kappa shape index (κ1) is 11.9. The summed E-state index contributed by atoms with van der Waals surface area (Å²) in [5.74, 6) is 0.640. The van der Waals surface area contributed by atoms with Crippen molar-refractivity contribution >= 4 is 15.6 Å². The number of hydrogen-bond acceptors (Lipinski definition) is 5. The van der Waals surface area contributed by atoms with Gasteiger partial charge in [-0.1, -0.05) is 0 Å². The minimum absolute atomic E-state index is 0.0246. The fourth-order valence-corrected chi connectivity index (χ4v) is 2.82. The van der Waals surface area contributed by atoms with Gasteiger partial charge in [-0.15, -0.1) is 0 Å². The maximum Gasteiger partial charge on any atom is 0.231 e. The summed E-state index contributed by atoms with van der Waals surface area (Å²) in [5, 5.41) is 0. The molecule has 5 nitrogen and oxygen atoms in total. The Kier molecular flexibility index (Phi) is 3.06. The molecule has 0 unspecified atom stereocenters. The van der Waals surface area contributed by atoms with Gasteiger partial charge in [-0.05, 0) is 19.1 Å². The molecule has 92 valence electrons. The third-order valence-corrected chi connectivity index (χ3v) is 4.14. The predicted molar refractivity (Wildman–Crippen MR) is 59.9 cm³/mol. The highest BCUT2D eigenvalue weighted by molar-refractivity contribution is 7.91. The third-order valence-electron chi connectivity index (χ3n) is 2.43. The lowest BCUT2D eigenvalue weighted by Gasteiger charge is -2.04. The minimum atomic E-state index is -3.43. The van der Waals surface area contributed by atoms with Crippen LogP contribution in [0.2, 0.25) is 0 Å². The van der Waals surface area contributed by atoms with E-state index in [1.54, 1.807) is 6.07 Å². The number of carbonyl (C=O) groups excluding carboxylic acids is 1. The predicted octanol–water partition coefficient (Wildman–Crippen LogP) is 1.17. The van der Waals surface area contributed by atoms with Crippen molar-refractivity contribution in [2.24, 2.45) is 0 Å². The summed E-state index contributed by atoms with van der Waals surface area (Å²) in [6.45, 7) is 1.47. The second-order valence-corrected chi connectivity index (χ2v) is 5.90. The molecule has 0 saturated carbocycles. The number of rotatable bonds is 4. The van der Waals surface area contributed by atoms with Gasteiger partial charge in [0.2, 0.25) is 6.79 Å². The zero-order valence-corrected chi connectivity index (χ0v) is 10.1. The van der Waals surface area contributed by atoms with Crippen LogP contribution in [0, 0.1) is 0 Å². The normalized spacial score (nSPS) is 13.7. The largest absolute Gasteiger partial charge is 0.454 e. The molecule has 1 aromatic carbocycles. The average Bonchev–Trinajstić information content (AvgIpc) is 2.73. The number of benzene rings is 1. The molecular formula is C11H12O5S. The van der Waals surface area contributed by atoms with Crippen LogP contribution in [-0.2, 0) is 14.6 Å². The summed E-state index contributed by atoms with van der Waals surface area (Å²) in [4.78, 5) is 11.0. The van der Waals surface area contributed by atoms with Gasteiger partial charge in [0, 0.05) is 12.5 Å². The molecule has 17 heavy (non-hydrogen) atoms. The van der Waals surface area contributed by atoms with E-state index in [0.717, 1.165) is 0 Å². The highest BCUT2D eigenvalue weighted by atomic mass is 32.2. The minimum Gasteiger partial charge on any atom is -0.454 e. The lowest BCUT2D eigenvalue weighted by atomic mass is 10.3. The fourth-order valence-electron chi connectivity index (χ4n) is 1.47. The average molecular weight is 256 g/mol. The molecule has 0 spiro atoms. The van der Waals surface area contributed by atoms with Crippen molar-refractivity contribution < 1.29 is 22.7 Å². The van der Waals surface area contributed by atoms with Gasteiger partial charge < -0.3 is 9.47 Å². The monoisotopic (exact) mass is 256 g/mol. The van der Waals surface area contributed by atoms with Crippen molar-refractivity contribution in [1.82, 2.24) is 0 Å². The number of hydrogen-bond donors (Lipinski definition) is 0. The lowest BCUT2D eigenvalue weighted by molar-refractivity contribution is -0.116. The molecule has 0 aromatic heterocycles. The summed E-state index contributed by atoms with van der Waals surface area (Å²) in [6.07, 6.45) is 0.0246. The van der Waals surface area contributed by atoms with E-state index < -0.39 is 9.84 Å². The zero-order valence-electron chi connectivity index (χ0n) is 9.30. The number of ether oxygens (including phenoxy) is 2. The number of carbonyl (C=O) groups is 1. The summed E-state index contributed by atoms with van der Waals surface area (Å²) in [7, 11) is -3.43. The summed E-state index contributed by atoms with van der Waals surface area (Å²) in [6, 6.07) is 4.45. The van der Waals surface area contributed by atoms with Crippen LogP contribution in [0.4, 0.5) is 0 Å². The quantitative estimate of drug-likeness (QED) is 0.808. The maximum atomic E-state index is 11.9. The van der Waals surface area contributed by atoms with Crippen molar-refractivity contribution in [2.75, 3.05) is 12.5 Å². The van der Waals surface area contributed by atoms with E-state index in [0.29, 0.717) is 11.5 Å². The molecular weight excluding hydrogens is 244 g/mol.